The fraction of sp³-hybridized carbons (Fsp3) is 0.250. The third-order valence-electron chi connectivity index (χ3n) is 3.94. The molecule has 1 saturated heterocycles. The summed E-state index contributed by atoms with van der Waals surface area (Å²) >= 11 is 1.27. The molecule has 6 nitrogen and oxygen atoms in total. The third-order valence-corrected chi connectivity index (χ3v) is 5.03. The molecule has 0 aromatic heterocycles. The summed E-state index contributed by atoms with van der Waals surface area (Å²) in [4.78, 5) is 28.9. The maximum atomic E-state index is 12.3. The predicted molar refractivity (Wildman–Crippen MR) is 109 cm³/mol. The van der Waals surface area contributed by atoms with Crippen LogP contribution < -0.4 is 15.4 Å². The highest BCUT2D eigenvalue weighted by atomic mass is 32.2. The molecule has 7 heteroatoms. The molecule has 27 heavy (non-hydrogen) atoms. The van der Waals surface area contributed by atoms with Gasteiger partial charge in [-0.05, 0) is 49.7 Å². The normalized spacial score (nSPS) is 17.6. The summed E-state index contributed by atoms with van der Waals surface area (Å²) in [6.45, 7) is 4.45. The SMILES string of the molecule is CCOc1ccc(N=C2NC(=O)[C@H](CC(=O)Nc3ccccc3C)S2)cc1. The van der Waals surface area contributed by atoms with Crippen LogP contribution in [0.4, 0.5) is 11.4 Å². The standard InChI is InChI=1S/C20H21N3O3S/c1-3-26-15-10-8-14(9-11-15)21-20-23-19(25)17(27-20)12-18(24)22-16-7-5-4-6-13(16)2/h4-11,17H,3,12H2,1-2H3,(H,22,24)(H,21,23,25)/t17-/m0/s1. The fourth-order valence-electron chi connectivity index (χ4n) is 2.58. The summed E-state index contributed by atoms with van der Waals surface area (Å²) in [6.07, 6.45) is 0.0904. The van der Waals surface area contributed by atoms with Crippen molar-refractivity contribution in [1.82, 2.24) is 5.32 Å². The molecular weight excluding hydrogens is 362 g/mol. The number of hydrogen-bond donors (Lipinski definition) is 2. The lowest BCUT2D eigenvalue weighted by atomic mass is 10.2. The Morgan fingerprint density at radius 1 is 1.22 bits per heavy atom. The van der Waals surface area contributed by atoms with E-state index in [1.165, 1.54) is 11.8 Å². The molecule has 2 aromatic carbocycles. The van der Waals surface area contributed by atoms with Crippen molar-refractivity contribution < 1.29 is 14.3 Å². The van der Waals surface area contributed by atoms with Crippen LogP contribution in [0.5, 0.6) is 5.75 Å². The van der Waals surface area contributed by atoms with E-state index in [4.69, 9.17) is 4.74 Å². The number of thioether (sulfide) groups is 1. The van der Waals surface area contributed by atoms with Gasteiger partial charge in [-0.1, -0.05) is 30.0 Å². The lowest BCUT2D eigenvalue weighted by Gasteiger charge is -2.09. The Hall–Kier alpha value is -2.80. The molecule has 0 saturated carbocycles. The lowest BCUT2D eigenvalue weighted by molar-refractivity contribution is -0.122. The van der Waals surface area contributed by atoms with Crippen molar-refractivity contribution >= 4 is 40.1 Å². The summed E-state index contributed by atoms with van der Waals surface area (Å²) in [5, 5.41) is 5.60. The van der Waals surface area contributed by atoms with Crippen LogP contribution in [-0.4, -0.2) is 28.8 Å². The number of nitrogens with one attached hydrogen (secondary N) is 2. The number of benzene rings is 2. The summed E-state index contributed by atoms with van der Waals surface area (Å²) in [6, 6.07) is 14.8. The molecule has 3 rings (SSSR count). The van der Waals surface area contributed by atoms with Gasteiger partial charge in [0.2, 0.25) is 11.8 Å². The maximum absolute atomic E-state index is 12.3. The second-order valence-corrected chi connectivity index (χ2v) is 7.20. The van der Waals surface area contributed by atoms with E-state index in [0.717, 1.165) is 17.0 Å². The quantitative estimate of drug-likeness (QED) is 0.798. The molecule has 2 N–H and O–H groups in total. The number of aryl methyl sites for hydroxylation is 1. The van der Waals surface area contributed by atoms with Gasteiger partial charge in [0, 0.05) is 12.1 Å². The van der Waals surface area contributed by atoms with Crippen molar-refractivity contribution in [2.45, 2.75) is 25.5 Å². The lowest BCUT2D eigenvalue weighted by Crippen LogP contribution is -2.28. The Labute approximate surface area is 162 Å². The van der Waals surface area contributed by atoms with Gasteiger partial charge in [0.1, 0.15) is 11.0 Å². The second-order valence-electron chi connectivity index (χ2n) is 6.01. The van der Waals surface area contributed by atoms with Crippen LogP contribution in [0.15, 0.2) is 53.5 Å². The van der Waals surface area contributed by atoms with Crippen LogP contribution in [0.1, 0.15) is 18.9 Å². The average molecular weight is 383 g/mol. The maximum Gasteiger partial charge on any atom is 0.240 e. The molecule has 0 unspecified atom stereocenters. The molecule has 0 bridgehead atoms. The van der Waals surface area contributed by atoms with Crippen LogP contribution in [-0.2, 0) is 9.59 Å². The van der Waals surface area contributed by atoms with Gasteiger partial charge >= 0.3 is 0 Å². The van der Waals surface area contributed by atoms with E-state index >= 15 is 0 Å². The topological polar surface area (TPSA) is 79.8 Å². The number of amidine groups is 1. The molecule has 1 heterocycles. The first-order valence-corrected chi connectivity index (χ1v) is 9.57. The zero-order valence-electron chi connectivity index (χ0n) is 15.2. The molecule has 1 atom stereocenters. The smallest absolute Gasteiger partial charge is 0.240 e. The minimum atomic E-state index is -0.490. The summed E-state index contributed by atoms with van der Waals surface area (Å²) in [5.74, 6) is 0.374. The highest BCUT2D eigenvalue weighted by molar-refractivity contribution is 8.15. The van der Waals surface area contributed by atoms with Crippen molar-refractivity contribution in [2.24, 2.45) is 4.99 Å². The zero-order valence-corrected chi connectivity index (χ0v) is 16.0. The van der Waals surface area contributed by atoms with Crippen LogP contribution in [0.2, 0.25) is 0 Å². The Morgan fingerprint density at radius 3 is 2.67 bits per heavy atom. The molecule has 1 fully saturated rings. The number of hydrogen-bond acceptors (Lipinski definition) is 5. The highest BCUT2D eigenvalue weighted by Gasteiger charge is 2.32. The van der Waals surface area contributed by atoms with Crippen LogP contribution >= 0.6 is 11.8 Å². The van der Waals surface area contributed by atoms with E-state index in [9.17, 15) is 9.59 Å². The molecule has 0 aliphatic carbocycles. The van der Waals surface area contributed by atoms with Crippen LogP contribution in [0, 0.1) is 6.92 Å². The first-order valence-electron chi connectivity index (χ1n) is 8.69. The molecule has 0 spiro atoms. The van der Waals surface area contributed by atoms with Gasteiger partial charge < -0.3 is 15.4 Å². The summed E-state index contributed by atoms with van der Waals surface area (Å²) in [5.41, 5.74) is 2.45. The van der Waals surface area contributed by atoms with Gasteiger partial charge in [0.15, 0.2) is 5.17 Å². The van der Waals surface area contributed by atoms with Gasteiger partial charge in [0.05, 0.1) is 12.3 Å². The number of anilines is 1. The van der Waals surface area contributed by atoms with Crippen LogP contribution in [0.3, 0.4) is 0 Å². The fourth-order valence-corrected chi connectivity index (χ4v) is 3.56. The number of carbonyl (C=O) groups is 2. The van der Waals surface area contributed by atoms with E-state index in [-0.39, 0.29) is 18.2 Å². The molecule has 0 radical (unpaired) electrons. The summed E-state index contributed by atoms with van der Waals surface area (Å²) in [7, 11) is 0. The Bertz CT molecular complexity index is 865. The molecule has 2 amide bonds. The number of amides is 2. The molecule has 2 aromatic rings. The van der Waals surface area contributed by atoms with Crippen molar-refractivity contribution in [3.05, 3.63) is 54.1 Å². The van der Waals surface area contributed by atoms with Gasteiger partial charge in [-0.15, -0.1) is 0 Å². The van der Waals surface area contributed by atoms with Gasteiger partial charge in [0.25, 0.3) is 0 Å². The van der Waals surface area contributed by atoms with Gasteiger partial charge in [-0.2, -0.15) is 0 Å². The molecule has 140 valence electrons. The van der Waals surface area contributed by atoms with Crippen molar-refractivity contribution in [2.75, 3.05) is 11.9 Å². The number of rotatable bonds is 6. The number of nitrogens with zero attached hydrogens (tertiary/aromatic N) is 1. The largest absolute Gasteiger partial charge is 0.494 e. The van der Waals surface area contributed by atoms with E-state index < -0.39 is 5.25 Å². The predicted octanol–water partition coefficient (Wildman–Crippen LogP) is 3.64. The zero-order chi connectivity index (χ0) is 19.2. The molecule has 1 aliphatic heterocycles. The number of para-hydroxylation sites is 1. The Balaban J connectivity index is 1.59. The molecular formula is C20H21N3O3S. The van der Waals surface area contributed by atoms with Crippen molar-refractivity contribution in [1.29, 1.82) is 0 Å². The second kappa shape index (κ2) is 8.73. The van der Waals surface area contributed by atoms with Crippen molar-refractivity contribution in [3.8, 4) is 5.75 Å². The first-order chi connectivity index (χ1) is 13.0. The van der Waals surface area contributed by atoms with E-state index in [2.05, 4.69) is 15.6 Å². The third kappa shape index (κ3) is 5.10. The van der Waals surface area contributed by atoms with Crippen molar-refractivity contribution in [3.63, 3.8) is 0 Å². The van der Waals surface area contributed by atoms with E-state index in [0.29, 0.717) is 17.5 Å². The van der Waals surface area contributed by atoms with Gasteiger partial charge in [-0.25, -0.2) is 4.99 Å². The van der Waals surface area contributed by atoms with Gasteiger partial charge in [-0.3, -0.25) is 9.59 Å². The number of aliphatic imine (C=N–C) groups is 1. The Kier molecular flexibility index (Phi) is 6.13. The monoisotopic (exact) mass is 383 g/mol. The summed E-state index contributed by atoms with van der Waals surface area (Å²) < 4.78 is 5.40. The minimum Gasteiger partial charge on any atom is -0.494 e. The number of carbonyl (C=O) groups excluding carboxylic acids is 2. The first kappa shape index (κ1) is 19.0. The highest BCUT2D eigenvalue weighted by Crippen LogP contribution is 2.26. The molecule has 1 aliphatic rings. The van der Waals surface area contributed by atoms with E-state index in [1.54, 1.807) is 0 Å². The number of ether oxygens (including phenoxy) is 1. The Morgan fingerprint density at radius 2 is 1.96 bits per heavy atom. The minimum absolute atomic E-state index is 0.0904. The van der Waals surface area contributed by atoms with E-state index in [1.807, 2.05) is 62.4 Å². The van der Waals surface area contributed by atoms with Crippen LogP contribution in [0.25, 0.3) is 0 Å². The average Bonchev–Trinajstić information content (AvgIpc) is 2.98.